The Hall–Kier alpha value is -2.87. The molecule has 1 atom stereocenters. The van der Waals surface area contributed by atoms with Gasteiger partial charge in [-0.2, -0.15) is 10.5 Å². The first-order valence-corrected chi connectivity index (χ1v) is 13.0. The maximum atomic E-state index is 13.6. The third-order valence-electron chi connectivity index (χ3n) is 7.01. The van der Waals surface area contributed by atoms with Gasteiger partial charge in [-0.1, -0.05) is 13.8 Å². The van der Waals surface area contributed by atoms with E-state index in [1.807, 2.05) is 23.3 Å². The molecule has 0 unspecified atom stereocenters. The van der Waals surface area contributed by atoms with E-state index in [0.29, 0.717) is 35.4 Å². The molecule has 0 fully saturated rings. The zero-order valence-corrected chi connectivity index (χ0v) is 20.8. The van der Waals surface area contributed by atoms with Crippen LogP contribution in [0.3, 0.4) is 0 Å². The van der Waals surface area contributed by atoms with Crippen molar-refractivity contribution >= 4 is 33.5 Å². The van der Waals surface area contributed by atoms with E-state index in [1.54, 1.807) is 22.7 Å². The van der Waals surface area contributed by atoms with Crippen LogP contribution >= 0.6 is 22.7 Å². The van der Waals surface area contributed by atoms with E-state index < -0.39 is 5.92 Å². The summed E-state index contributed by atoms with van der Waals surface area (Å²) in [5.74, 6) is -0.0104. The number of aryl methyl sites for hydroxylation is 2. The van der Waals surface area contributed by atoms with Gasteiger partial charge < -0.3 is 5.73 Å². The Morgan fingerprint density at radius 1 is 1.18 bits per heavy atom. The molecule has 5 nitrogen and oxygen atoms in total. The quantitative estimate of drug-likeness (QED) is 0.593. The second-order valence-corrected chi connectivity index (χ2v) is 12.0. The number of carbonyl (C=O) groups is 1. The number of fused-ring (bicyclic) bond motifs is 1. The monoisotopic (exact) mass is 474 g/mol. The summed E-state index contributed by atoms with van der Waals surface area (Å²) in [6.45, 7) is 6.22. The summed E-state index contributed by atoms with van der Waals surface area (Å²) in [6.07, 6.45) is 5.15. The fourth-order valence-corrected chi connectivity index (χ4v) is 7.93. The molecule has 5 rings (SSSR count). The first-order chi connectivity index (χ1) is 15.8. The van der Waals surface area contributed by atoms with Crippen molar-refractivity contribution < 1.29 is 4.79 Å². The number of ketones is 1. The Morgan fingerprint density at radius 3 is 2.61 bits per heavy atom. The highest BCUT2D eigenvalue weighted by atomic mass is 32.1. The SMILES string of the molecule is Cc1ccsc1[C@@H]1C(C#N)=C(N)N(c2sc3c(c2C#N)CCCC3)C2=C1C(=O)CC(C)(C)C2. The van der Waals surface area contributed by atoms with E-state index in [0.717, 1.165) is 52.4 Å². The molecular weight excluding hydrogens is 448 g/mol. The van der Waals surface area contributed by atoms with Gasteiger partial charge in [0.2, 0.25) is 0 Å². The molecular formula is C26H26N4OS2. The predicted octanol–water partition coefficient (Wildman–Crippen LogP) is 5.81. The van der Waals surface area contributed by atoms with Crippen molar-refractivity contribution in [1.29, 1.82) is 10.5 Å². The van der Waals surface area contributed by atoms with Gasteiger partial charge in [-0.3, -0.25) is 9.69 Å². The molecule has 2 aromatic rings. The minimum absolute atomic E-state index is 0.0733. The normalized spacial score (nSPS) is 22.0. The summed E-state index contributed by atoms with van der Waals surface area (Å²) < 4.78 is 0. The van der Waals surface area contributed by atoms with E-state index in [9.17, 15) is 15.3 Å². The number of carbonyl (C=O) groups excluding carboxylic acids is 1. The van der Waals surface area contributed by atoms with Gasteiger partial charge in [-0.25, -0.2) is 0 Å². The van der Waals surface area contributed by atoms with Crippen LogP contribution in [0.4, 0.5) is 5.00 Å². The van der Waals surface area contributed by atoms with E-state index in [-0.39, 0.29) is 11.2 Å². The van der Waals surface area contributed by atoms with Gasteiger partial charge in [0.05, 0.1) is 23.1 Å². The van der Waals surface area contributed by atoms with Crippen molar-refractivity contribution in [2.45, 2.75) is 65.2 Å². The highest BCUT2D eigenvalue weighted by Crippen LogP contribution is 2.53. The Labute approximate surface area is 202 Å². The molecule has 0 spiro atoms. The van der Waals surface area contributed by atoms with Crippen LogP contribution in [-0.2, 0) is 17.6 Å². The summed E-state index contributed by atoms with van der Waals surface area (Å²) >= 11 is 3.17. The fourth-order valence-electron chi connectivity index (χ4n) is 5.51. The van der Waals surface area contributed by atoms with Gasteiger partial charge in [-0.15, -0.1) is 22.7 Å². The molecule has 3 heterocycles. The molecule has 7 heteroatoms. The molecule has 0 amide bonds. The highest BCUT2D eigenvalue weighted by molar-refractivity contribution is 7.16. The summed E-state index contributed by atoms with van der Waals surface area (Å²) in [7, 11) is 0. The smallest absolute Gasteiger partial charge is 0.162 e. The fraction of sp³-hybridized carbons (Fsp3) is 0.423. The Morgan fingerprint density at radius 2 is 1.94 bits per heavy atom. The van der Waals surface area contributed by atoms with Crippen LogP contribution < -0.4 is 10.6 Å². The Kier molecular flexibility index (Phi) is 5.23. The van der Waals surface area contributed by atoms with Gasteiger partial charge in [0.15, 0.2) is 5.78 Å². The van der Waals surface area contributed by atoms with E-state index in [4.69, 9.17) is 5.73 Å². The second kappa shape index (κ2) is 7.87. The molecule has 2 N–H and O–H groups in total. The summed E-state index contributed by atoms with van der Waals surface area (Å²) in [4.78, 5) is 17.8. The van der Waals surface area contributed by atoms with Gasteiger partial charge in [0, 0.05) is 27.4 Å². The van der Waals surface area contributed by atoms with E-state index in [1.165, 1.54) is 4.88 Å². The second-order valence-electron chi connectivity index (χ2n) is 9.95. The number of hydrogen-bond acceptors (Lipinski definition) is 7. The van der Waals surface area contributed by atoms with Crippen LogP contribution in [0.1, 0.15) is 71.9 Å². The molecule has 2 aromatic heterocycles. The molecule has 33 heavy (non-hydrogen) atoms. The van der Waals surface area contributed by atoms with Crippen molar-refractivity contribution in [3.8, 4) is 12.1 Å². The molecule has 3 aliphatic rings. The summed E-state index contributed by atoms with van der Waals surface area (Å²) in [5, 5.41) is 23.1. The largest absolute Gasteiger partial charge is 0.384 e. The number of nitrogens with zero attached hydrogens (tertiary/aromatic N) is 3. The van der Waals surface area contributed by atoms with Crippen LogP contribution in [0.5, 0.6) is 0 Å². The van der Waals surface area contributed by atoms with Crippen LogP contribution in [0.15, 0.2) is 34.1 Å². The van der Waals surface area contributed by atoms with Gasteiger partial charge in [0.1, 0.15) is 16.9 Å². The van der Waals surface area contributed by atoms with Crippen molar-refractivity contribution in [1.82, 2.24) is 0 Å². The first kappa shape index (κ1) is 21.9. The highest BCUT2D eigenvalue weighted by Gasteiger charge is 2.46. The topological polar surface area (TPSA) is 93.9 Å². The standard InChI is InChI=1S/C26H26N4OS2/c1-14-8-9-32-23(14)21-17(13-28)24(29)30(18-10-26(2,3)11-19(31)22(18)21)25-16(12-27)15-6-4-5-7-20(15)33-25/h8-9,21H,4-7,10-11,29H2,1-3H3/t21-/m1/s1. The van der Waals surface area contributed by atoms with Crippen molar-refractivity contribution in [3.63, 3.8) is 0 Å². The average molecular weight is 475 g/mol. The lowest BCUT2D eigenvalue weighted by molar-refractivity contribution is -0.118. The van der Waals surface area contributed by atoms with E-state index >= 15 is 0 Å². The van der Waals surface area contributed by atoms with Crippen LogP contribution in [-0.4, -0.2) is 5.78 Å². The zero-order valence-electron chi connectivity index (χ0n) is 19.1. The number of thiophene rings is 2. The molecule has 1 aliphatic heterocycles. The molecule has 0 radical (unpaired) electrons. The molecule has 0 bridgehead atoms. The van der Waals surface area contributed by atoms with Crippen LogP contribution in [0, 0.1) is 35.0 Å². The summed E-state index contributed by atoms with van der Waals surface area (Å²) in [6, 6.07) is 6.80. The average Bonchev–Trinajstić information content (AvgIpc) is 3.34. The van der Waals surface area contributed by atoms with Crippen molar-refractivity contribution in [2.24, 2.45) is 11.1 Å². The molecule has 2 aliphatic carbocycles. The molecule has 168 valence electrons. The number of allylic oxidation sites excluding steroid dienone is 3. The van der Waals surface area contributed by atoms with Gasteiger partial charge in [0.25, 0.3) is 0 Å². The Bertz CT molecular complexity index is 1320. The number of Topliss-reactive ketones (excluding diaryl/α,β-unsaturated/α-hetero) is 1. The Balaban J connectivity index is 1.80. The lowest BCUT2D eigenvalue weighted by Gasteiger charge is -2.43. The minimum atomic E-state index is -0.440. The van der Waals surface area contributed by atoms with Crippen LogP contribution in [0.25, 0.3) is 0 Å². The molecule has 0 saturated heterocycles. The zero-order chi connectivity index (χ0) is 23.5. The third-order valence-corrected chi connectivity index (χ3v) is 9.37. The van der Waals surface area contributed by atoms with Gasteiger partial charge >= 0.3 is 0 Å². The van der Waals surface area contributed by atoms with Crippen molar-refractivity contribution in [3.05, 3.63) is 60.6 Å². The number of nitrogens with two attached hydrogens (primary N) is 1. The van der Waals surface area contributed by atoms with Gasteiger partial charge in [-0.05, 0) is 67.0 Å². The first-order valence-electron chi connectivity index (χ1n) is 11.3. The lowest BCUT2D eigenvalue weighted by Crippen LogP contribution is -2.42. The molecule has 0 aromatic carbocycles. The van der Waals surface area contributed by atoms with Crippen LogP contribution in [0.2, 0.25) is 0 Å². The van der Waals surface area contributed by atoms with E-state index in [2.05, 4.69) is 26.0 Å². The third kappa shape index (κ3) is 3.34. The maximum absolute atomic E-state index is 13.6. The molecule has 0 saturated carbocycles. The summed E-state index contributed by atoms with van der Waals surface area (Å²) in [5.41, 5.74) is 11.3. The number of nitriles is 2. The van der Waals surface area contributed by atoms with Crippen molar-refractivity contribution in [2.75, 3.05) is 4.90 Å². The minimum Gasteiger partial charge on any atom is -0.384 e. The predicted molar refractivity (Wildman–Crippen MR) is 132 cm³/mol. The maximum Gasteiger partial charge on any atom is 0.162 e. The number of hydrogen-bond donors (Lipinski definition) is 1. The number of anilines is 1. The lowest BCUT2D eigenvalue weighted by atomic mass is 9.69. The number of rotatable bonds is 2.